The van der Waals surface area contributed by atoms with Gasteiger partial charge in [-0.2, -0.15) is 13.2 Å². The van der Waals surface area contributed by atoms with Crippen LogP contribution >= 0.6 is 11.3 Å². The third-order valence-corrected chi connectivity index (χ3v) is 3.77. The highest BCUT2D eigenvalue weighted by molar-refractivity contribution is 7.16. The molecule has 7 heteroatoms. The summed E-state index contributed by atoms with van der Waals surface area (Å²) in [5, 5.41) is 10.6. The van der Waals surface area contributed by atoms with Crippen molar-refractivity contribution in [2.75, 3.05) is 0 Å². The molecule has 0 saturated carbocycles. The number of carboxylic acids is 1. The van der Waals surface area contributed by atoms with Gasteiger partial charge in [0.2, 0.25) is 0 Å². The van der Waals surface area contributed by atoms with E-state index in [0.717, 1.165) is 29.5 Å². The lowest BCUT2D eigenvalue weighted by atomic mass is 10.1. The highest BCUT2D eigenvalue weighted by Gasteiger charge is 2.30. The van der Waals surface area contributed by atoms with Crippen molar-refractivity contribution in [3.8, 4) is 0 Å². The maximum atomic E-state index is 12.6. The molecule has 1 aromatic heterocycles. The second-order valence-electron chi connectivity index (χ2n) is 4.27. The lowest BCUT2D eigenvalue weighted by Crippen LogP contribution is -2.20. The number of hydrogen-bond acceptors (Lipinski definition) is 4. The van der Waals surface area contributed by atoms with Gasteiger partial charge in [-0.3, -0.25) is 4.79 Å². The van der Waals surface area contributed by atoms with Crippen molar-refractivity contribution in [3.63, 3.8) is 0 Å². The Morgan fingerprint density at radius 2 is 1.77 bits per heavy atom. The lowest BCUT2D eigenvalue weighted by Gasteiger charge is -2.06. The molecule has 2 rings (SSSR count). The molecule has 0 amide bonds. The molecule has 0 aliphatic heterocycles. The first-order valence-electron chi connectivity index (χ1n) is 5.98. The van der Waals surface area contributed by atoms with Gasteiger partial charge in [-0.25, -0.2) is 0 Å². The number of carbonyl (C=O) groups excluding carboxylic acids is 2. The Hall–Kier alpha value is -2.41. The normalized spacial score (nSPS) is 11.8. The van der Waals surface area contributed by atoms with Crippen molar-refractivity contribution in [2.24, 2.45) is 0 Å². The van der Waals surface area contributed by atoms with Crippen LogP contribution in [0.4, 0.5) is 13.2 Å². The Kier molecular flexibility index (Phi) is 4.46. The summed E-state index contributed by atoms with van der Waals surface area (Å²) in [5.41, 5.74) is -0.586. The van der Waals surface area contributed by atoms with Crippen LogP contribution in [0.25, 0.3) is 6.08 Å². The van der Waals surface area contributed by atoms with Gasteiger partial charge in [-0.05, 0) is 35.9 Å². The third-order valence-electron chi connectivity index (χ3n) is 2.69. The van der Waals surface area contributed by atoms with Gasteiger partial charge in [0.25, 0.3) is 0 Å². The van der Waals surface area contributed by atoms with Crippen LogP contribution in [0.1, 0.15) is 30.5 Å². The van der Waals surface area contributed by atoms with Gasteiger partial charge in [-0.15, -0.1) is 11.3 Å². The Labute approximate surface area is 127 Å². The first kappa shape index (κ1) is 16.0. The number of carboxylic acid groups (broad SMARTS) is 1. The molecule has 0 fully saturated rings. The number of rotatable bonds is 4. The number of alkyl halides is 3. The fourth-order valence-corrected chi connectivity index (χ4v) is 2.41. The minimum Gasteiger partial charge on any atom is -0.544 e. The largest absolute Gasteiger partial charge is 0.544 e. The topological polar surface area (TPSA) is 57.2 Å². The second kappa shape index (κ2) is 6.15. The predicted octanol–water partition coefficient (Wildman–Crippen LogP) is 3.03. The van der Waals surface area contributed by atoms with Crippen molar-refractivity contribution in [1.29, 1.82) is 0 Å². The van der Waals surface area contributed by atoms with Crippen molar-refractivity contribution >= 4 is 29.2 Å². The molecule has 3 nitrogen and oxygen atoms in total. The van der Waals surface area contributed by atoms with Crippen molar-refractivity contribution in [1.82, 2.24) is 0 Å². The number of carbonyl (C=O) groups is 2. The van der Waals surface area contributed by atoms with E-state index < -0.39 is 23.5 Å². The summed E-state index contributed by atoms with van der Waals surface area (Å²) >= 11 is 0.749. The average Bonchev–Trinajstić information content (AvgIpc) is 2.94. The molecule has 114 valence electrons. The van der Waals surface area contributed by atoms with Gasteiger partial charge in [-0.1, -0.05) is 18.2 Å². The molecule has 2 aromatic rings. The molecule has 1 heterocycles. The molecule has 0 unspecified atom stereocenters. The van der Waals surface area contributed by atoms with Crippen LogP contribution in [0.5, 0.6) is 0 Å². The number of halogens is 3. The predicted molar refractivity (Wildman–Crippen MR) is 73.5 cm³/mol. The van der Waals surface area contributed by atoms with E-state index in [0.29, 0.717) is 0 Å². The standard InChI is InChI=1S/C15H9F3O3S/c16-15(17,18)10-3-1-2-9(8-10)4-5-11(19)12-6-7-13(22-12)14(20)21/h1-8H,(H,20,21)/p-1/b5-4+. The SMILES string of the molecule is O=C([O-])c1ccc(C(=O)/C=C/c2cccc(C(F)(F)F)c2)s1. The summed E-state index contributed by atoms with van der Waals surface area (Å²) in [6.45, 7) is 0. The molecular weight excluding hydrogens is 317 g/mol. The van der Waals surface area contributed by atoms with E-state index in [9.17, 15) is 27.9 Å². The van der Waals surface area contributed by atoms with Crippen LogP contribution in [-0.4, -0.2) is 11.8 Å². The number of allylic oxidation sites excluding steroid dienone is 1. The summed E-state index contributed by atoms with van der Waals surface area (Å²) in [6, 6.07) is 7.10. The Morgan fingerprint density at radius 3 is 2.36 bits per heavy atom. The first-order valence-corrected chi connectivity index (χ1v) is 6.80. The van der Waals surface area contributed by atoms with Crippen LogP contribution in [0.3, 0.4) is 0 Å². The highest BCUT2D eigenvalue weighted by Crippen LogP contribution is 2.29. The Morgan fingerprint density at radius 1 is 1.09 bits per heavy atom. The van der Waals surface area contributed by atoms with Gasteiger partial charge in [0.15, 0.2) is 5.78 Å². The fourth-order valence-electron chi connectivity index (χ4n) is 1.65. The zero-order valence-corrected chi connectivity index (χ0v) is 11.7. The maximum Gasteiger partial charge on any atom is 0.416 e. The molecular formula is C15H8F3O3S-. The summed E-state index contributed by atoms with van der Waals surface area (Å²) in [6.07, 6.45) is -2.11. The van der Waals surface area contributed by atoms with E-state index in [2.05, 4.69) is 0 Å². The summed E-state index contributed by atoms with van der Waals surface area (Å²) in [4.78, 5) is 22.5. The van der Waals surface area contributed by atoms with E-state index in [1.165, 1.54) is 30.3 Å². The zero-order chi connectivity index (χ0) is 16.3. The van der Waals surface area contributed by atoms with Crippen molar-refractivity contribution in [3.05, 3.63) is 63.4 Å². The smallest absolute Gasteiger partial charge is 0.416 e. The number of benzene rings is 1. The van der Waals surface area contributed by atoms with Crippen LogP contribution in [0.15, 0.2) is 42.5 Å². The summed E-state index contributed by atoms with van der Waals surface area (Å²) in [7, 11) is 0. The number of thiophene rings is 1. The van der Waals surface area contributed by atoms with E-state index in [1.54, 1.807) is 0 Å². The molecule has 0 saturated heterocycles. The Bertz CT molecular complexity index is 744. The minimum absolute atomic E-state index is 0.0872. The molecule has 1 aromatic carbocycles. The van der Waals surface area contributed by atoms with E-state index in [4.69, 9.17) is 0 Å². The Balaban J connectivity index is 2.17. The molecule has 0 spiro atoms. The van der Waals surface area contributed by atoms with Gasteiger partial charge >= 0.3 is 6.18 Å². The van der Waals surface area contributed by atoms with Crippen molar-refractivity contribution < 1.29 is 27.9 Å². The molecule has 0 aliphatic rings. The lowest BCUT2D eigenvalue weighted by molar-refractivity contribution is -0.254. The number of aromatic carboxylic acids is 1. The molecule has 0 aliphatic carbocycles. The van der Waals surface area contributed by atoms with E-state index in [1.807, 2.05) is 0 Å². The maximum absolute atomic E-state index is 12.6. The fraction of sp³-hybridized carbons (Fsp3) is 0.0667. The third kappa shape index (κ3) is 3.82. The van der Waals surface area contributed by atoms with Crippen LogP contribution in [-0.2, 0) is 6.18 Å². The first-order chi connectivity index (χ1) is 10.3. The summed E-state index contributed by atoms with van der Waals surface area (Å²) in [5.74, 6) is -1.87. The average molecular weight is 325 g/mol. The van der Waals surface area contributed by atoms with Crippen LogP contribution in [0.2, 0.25) is 0 Å². The van der Waals surface area contributed by atoms with Gasteiger partial charge in [0.1, 0.15) is 0 Å². The molecule has 22 heavy (non-hydrogen) atoms. The monoisotopic (exact) mass is 325 g/mol. The number of ketones is 1. The second-order valence-corrected chi connectivity index (χ2v) is 5.36. The van der Waals surface area contributed by atoms with E-state index >= 15 is 0 Å². The molecule has 0 N–H and O–H groups in total. The van der Waals surface area contributed by atoms with Gasteiger partial charge < -0.3 is 9.90 Å². The summed E-state index contributed by atoms with van der Waals surface area (Å²) < 4.78 is 37.7. The highest BCUT2D eigenvalue weighted by atomic mass is 32.1. The number of hydrogen-bond donors (Lipinski definition) is 0. The molecule has 0 bridgehead atoms. The van der Waals surface area contributed by atoms with Crippen molar-refractivity contribution in [2.45, 2.75) is 6.18 Å². The van der Waals surface area contributed by atoms with Gasteiger partial charge in [0.05, 0.1) is 21.3 Å². The van der Waals surface area contributed by atoms with Crippen LogP contribution in [0, 0.1) is 0 Å². The molecule has 0 atom stereocenters. The zero-order valence-electron chi connectivity index (χ0n) is 10.9. The van der Waals surface area contributed by atoms with E-state index in [-0.39, 0.29) is 15.3 Å². The minimum atomic E-state index is -4.45. The quantitative estimate of drug-likeness (QED) is 0.641. The van der Waals surface area contributed by atoms with Crippen LogP contribution < -0.4 is 5.11 Å². The molecule has 0 radical (unpaired) electrons. The van der Waals surface area contributed by atoms with Gasteiger partial charge in [0, 0.05) is 0 Å².